The fourth-order valence-electron chi connectivity index (χ4n) is 2.40. The average Bonchev–Trinajstić information content (AvgIpc) is 2.39. The minimum Gasteiger partial charge on any atom is -0.299 e. The van der Waals surface area contributed by atoms with Crippen LogP contribution >= 0.6 is 0 Å². The first kappa shape index (κ1) is 14.9. The van der Waals surface area contributed by atoms with Gasteiger partial charge in [0.1, 0.15) is 5.78 Å². The van der Waals surface area contributed by atoms with Crippen LogP contribution in [0.15, 0.2) is 24.3 Å². The lowest BCUT2D eigenvalue weighted by Gasteiger charge is -2.14. The summed E-state index contributed by atoms with van der Waals surface area (Å²) in [5.74, 6) is 0.689. The number of ketones is 1. The van der Waals surface area contributed by atoms with E-state index in [1.54, 1.807) is 0 Å². The third-order valence-electron chi connectivity index (χ3n) is 3.54. The Balaban J connectivity index is 2.60. The van der Waals surface area contributed by atoms with Crippen LogP contribution in [0.5, 0.6) is 0 Å². The van der Waals surface area contributed by atoms with Crippen LogP contribution in [0.2, 0.25) is 0 Å². The van der Waals surface area contributed by atoms with Crippen molar-refractivity contribution in [3.63, 3.8) is 0 Å². The molecule has 1 aromatic carbocycles. The van der Waals surface area contributed by atoms with Crippen molar-refractivity contribution in [3.8, 4) is 0 Å². The molecule has 0 bridgehead atoms. The van der Waals surface area contributed by atoms with Gasteiger partial charge in [-0.15, -0.1) is 0 Å². The maximum atomic E-state index is 12.2. The van der Waals surface area contributed by atoms with Crippen LogP contribution < -0.4 is 0 Å². The van der Waals surface area contributed by atoms with E-state index in [1.807, 2.05) is 0 Å². The van der Waals surface area contributed by atoms with Crippen LogP contribution in [0.4, 0.5) is 0 Å². The normalized spacial score (nSPS) is 10.9. The molecule has 0 atom stereocenters. The molecule has 1 aromatic rings. The molecular weight excluding hydrogens is 220 g/mol. The van der Waals surface area contributed by atoms with Crippen molar-refractivity contribution in [2.45, 2.75) is 59.3 Å². The van der Waals surface area contributed by atoms with Crippen LogP contribution in [0.25, 0.3) is 0 Å². The third kappa shape index (κ3) is 4.64. The molecule has 0 aliphatic carbocycles. The smallest absolute Gasteiger partial charge is 0.140 e. The largest absolute Gasteiger partial charge is 0.299 e. The number of hydrogen-bond donors (Lipinski definition) is 0. The summed E-state index contributed by atoms with van der Waals surface area (Å²) in [7, 11) is 0. The summed E-state index contributed by atoms with van der Waals surface area (Å²) < 4.78 is 0. The molecular formula is C17H26O. The molecule has 18 heavy (non-hydrogen) atoms. The Morgan fingerprint density at radius 1 is 0.944 bits per heavy atom. The second kappa shape index (κ2) is 8.07. The van der Waals surface area contributed by atoms with E-state index >= 15 is 0 Å². The first-order valence-corrected chi connectivity index (χ1v) is 7.31. The Kier molecular flexibility index (Phi) is 6.70. The monoisotopic (exact) mass is 246 g/mol. The second-order valence-corrected chi connectivity index (χ2v) is 5.09. The maximum absolute atomic E-state index is 12.2. The first-order valence-electron chi connectivity index (χ1n) is 7.31. The van der Waals surface area contributed by atoms with Gasteiger partial charge in [-0.05, 0) is 30.4 Å². The molecule has 0 saturated carbocycles. The van der Waals surface area contributed by atoms with Crippen molar-refractivity contribution in [2.24, 2.45) is 5.92 Å². The molecule has 0 unspecified atom stereocenters. The highest BCUT2D eigenvalue weighted by atomic mass is 16.1. The number of carbonyl (C=O) groups is 1. The van der Waals surface area contributed by atoms with Gasteiger partial charge in [0, 0.05) is 12.3 Å². The highest BCUT2D eigenvalue weighted by molar-refractivity contribution is 5.83. The fourth-order valence-corrected chi connectivity index (χ4v) is 2.40. The van der Waals surface area contributed by atoms with Gasteiger partial charge in [0.15, 0.2) is 0 Å². The van der Waals surface area contributed by atoms with Crippen LogP contribution in [0, 0.1) is 5.92 Å². The summed E-state index contributed by atoms with van der Waals surface area (Å²) in [4.78, 5) is 12.2. The van der Waals surface area contributed by atoms with E-state index in [-0.39, 0.29) is 5.92 Å². The number of aryl methyl sites for hydroxylation is 1. The molecule has 0 aliphatic heterocycles. The summed E-state index contributed by atoms with van der Waals surface area (Å²) in [6.45, 7) is 6.47. The van der Waals surface area contributed by atoms with Gasteiger partial charge >= 0.3 is 0 Å². The summed E-state index contributed by atoms with van der Waals surface area (Å²) in [5.41, 5.74) is 2.50. The average molecular weight is 246 g/mol. The van der Waals surface area contributed by atoms with Crippen LogP contribution in [0.3, 0.4) is 0 Å². The quantitative estimate of drug-likeness (QED) is 0.656. The second-order valence-electron chi connectivity index (χ2n) is 5.09. The molecule has 100 valence electrons. The molecule has 0 N–H and O–H groups in total. The summed E-state index contributed by atoms with van der Waals surface area (Å²) in [6, 6.07) is 8.48. The summed E-state index contributed by atoms with van der Waals surface area (Å²) in [5, 5.41) is 0. The maximum Gasteiger partial charge on any atom is 0.140 e. The highest BCUT2D eigenvalue weighted by Gasteiger charge is 2.16. The van der Waals surface area contributed by atoms with Gasteiger partial charge in [-0.25, -0.2) is 0 Å². The number of carbonyl (C=O) groups excluding carboxylic acids is 1. The molecule has 1 nitrogen and oxygen atoms in total. The number of rotatable bonds is 8. The van der Waals surface area contributed by atoms with Crippen molar-refractivity contribution in [1.82, 2.24) is 0 Å². The van der Waals surface area contributed by atoms with Gasteiger partial charge < -0.3 is 0 Å². The van der Waals surface area contributed by atoms with Crippen LogP contribution in [0.1, 0.15) is 57.6 Å². The molecule has 0 radical (unpaired) electrons. The van der Waals surface area contributed by atoms with E-state index in [9.17, 15) is 4.79 Å². The molecule has 0 saturated heterocycles. The number of hydrogen-bond acceptors (Lipinski definition) is 1. The molecule has 0 fully saturated rings. The van der Waals surface area contributed by atoms with Gasteiger partial charge in [-0.1, -0.05) is 57.9 Å². The van der Waals surface area contributed by atoms with Gasteiger partial charge in [0.2, 0.25) is 0 Å². The van der Waals surface area contributed by atoms with Crippen molar-refractivity contribution in [3.05, 3.63) is 35.4 Å². The molecule has 0 spiro atoms. The lowest BCUT2D eigenvalue weighted by atomic mass is 9.90. The minimum absolute atomic E-state index is 0.269. The van der Waals surface area contributed by atoms with E-state index in [1.165, 1.54) is 5.56 Å². The summed E-state index contributed by atoms with van der Waals surface area (Å²) >= 11 is 0. The Bertz CT molecular complexity index is 344. The van der Waals surface area contributed by atoms with Gasteiger partial charge in [0.05, 0.1) is 0 Å². The fraction of sp³-hybridized carbons (Fsp3) is 0.588. The molecule has 0 aliphatic rings. The van der Waals surface area contributed by atoms with E-state index in [0.29, 0.717) is 12.2 Å². The molecule has 1 rings (SSSR count). The third-order valence-corrected chi connectivity index (χ3v) is 3.54. The molecule has 0 amide bonds. The Hall–Kier alpha value is -1.11. The van der Waals surface area contributed by atoms with Crippen LogP contribution in [-0.2, 0) is 17.6 Å². The van der Waals surface area contributed by atoms with Gasteiger partial charge in [-0.3, -0.25) is 4.79 Å². The molecule has 1 heteroatoms. The lowest BCUT2D eigenvalue weighted by molar-refractivity contribution is -0.122. The molecule has 0 aromatic heterocycles. The predicted octanol–water partition coefficient (Wildman–Crippen LogP) is 4.58. The Labute approximate surface area is 112 Å². The number of benzene rings is 1. The van der Waals surface area contributed by atoms with E-state index in [4.69, 9.17) is 0 Å². The first-order chi connectivity index (χ1) is 8.71. The van der Waals surface area contributed by atoms with E-state index in [2.05, 4.69) is 45.0 Å². The van der Waals surface area contributed by atoms with Crippen LogP contribution in [-0.4, -0.2) is 5.78 Å². The summed E-state index contributed by atoms with van der Waals surface area (Å²) in [6.07, 6.45) is 5.95. The van der Waals surface area contributed by atoms with Crippen molar-refractivity contribution in [2.75, 3.05) is 0 Å². The highest BCUT2D eigenvalue weighted by Crippen LogP contribution is 2.17. The Morgan fingerprint density at radius 2 is 1.44 bits per heavy atom. The van der Waals surface area contributed by atoms with E-state index < -0.39 is 0 Å². The molecule has 0 heterocycles. The zero-order chi connectivity index (χ0) is 13.4. The zero-order valence-electron chi connectivity index (χ0n) is 12.0. The van der Waals surface area contributed by atoms with E-state index in [0.717, 1.165) is 37.7 Å². The van der Waals surface area contributed by atoms with Crippen molar-refractivity contribution in [1.29, 1.82) is 0 Å². The standard InChI is InChI=1S/C17H26O/c1-4-7-16(8-5-2)17(18)13-15-11-9-14(6-3)10-12-15/h9-12,16H,4-8,13H2,1-3H3. The van der Waals surface area contributed by atoms with Crippen molar-refractivity contribution >= 4 is 5.78 Å². The zero-order valence-corrected chi connectivity index (χ0v) is 12.0. The Morgan fingerprint density at radius 3 is 1.89 bits per heavy atom. The predicted molar refractivity (Wildman–Crippen MR) is 77.8 cm³/mol. The number of Topliss-reactive ketones (excluding diaryl/α,β-unsaturated/α-hetero) is 1. The lowest BCUT2D eigenvalue weighted by Crippen LogP contribution is -2.16. The van der Waals surface area contributed by atoms with Crippen molar-refractivity contribution < 1.29 is 4.79 Å². The SMILES string of the molecule is CCCC(CCC)C(=O)Cc1ccc(CC)cc1. The van der Waals surface area contributed by atoms with Gasteiger partial charge in [-0.2, -0.15) is 0 Å². The topological polar surface area (TPSA) is 17.1 Å². The van der Waals surface area contributed by atoms with Gasteiger partial charge in [0.25, 0.3) is 0 Å². The minimum atomic E-state index is 0.269.